The highest BCUT2D eigenvalue weighted by atomic mass is 35.5. The van der Waals surface area contributed by atoms with Gasteiger partial charge < -0.3 is 25.0 Å². The number of aliphatic hydroxyl groups excluding tert-OH is 2. The Kier molecular flexibility index (Phi) is 9.49. The number of halogens is 1. The summed E-state index contributed by atoms with van der Waals surface area (Å²) in [5.41, 5.74) is -0.552. The summed E-state index contributed by atoms with van der Waals surface area (Å²) in [7, 11) is 2.01. The fourth-order valence-electron chi connectivity index (χ4n) is 6.82. The molecule has 34 heavy (non-hydrogen) atoms. The van der Waals surface area contributed by atoms with Gasteiger partial charge >= 0.3 is 0 Å². The maximum absolute atomic E-state index is 13.6. The minimum absolute atomic E-state index is 0.0893. The number of alkyl halides is 1. The largest absolute Gasteiger partial charge is 0.390 e. The number of fused-ring (bicyclic) bond motifs is 1. The van der Waals surface area contributed by atoms with E-state index in [0.717, 1.165) is 31.9 Å². The molecule has 4 fully saturated rings. The SMILES string of the molecule is CSC1O[C@H]([C@H](NC(=O)[C@@H]2[C@@H]3OCC[C@@H](C4CCCCC4)C[C@H]3CN2C)[C@H](C)Cl)C[C@@H](O)[C@H]1O. The number of ether oxygens (including phenoxy) is 2. The molecule has 9 heteroatoms. The van der Waals surface area contributed by atoms with Crippen LogP contribution in [0.1, 0.15) is 58.3 Å². The molecule has 7 nitrogen and oxygen atoms in total. The number of hydrogen-bond acceptors (Lipinski definition) is 7. The minimum Gasteiger partial charge on any atom is -0.390 e. The Labute approximate surface area is 213 Å². The quantitative estimate of drug-likeness (QED) is 0.465. The van der Waals surface area contributed by atoms with Gasteiger partial charge in [0.25, 0.3) is 0 Å². The van der Waals surface area contributed by atoms with E-state index >= 15 is 0 Å². The summed E-state index contributed by atoms with van der Waals surface area (Å²) in [6.45, 7) is 3.42. The lowest BCUT2D eigenvalue weighted by Crippen LogP contribution is -2.59. The number of aliphatic hydroxyl groups is 2. The van der Waals surface area contributed by atoms with Crippen LogP contribution in [0.3, 0.4) is 0 Å². The van der Waals surface area contributed by atoms with Gasteiger partial charge in [0.15, 0.2) is 0 Å². The van der Waals surface area contributed by atoms with Crippen LogP contribution in [0.4, 0.5) is 0 Å². The normalized spacial score (nSPS) is 41.9. The van der Waals surface area contributed by atoms with Crippen molar-refractivity contribution in [1.29, 1.82) is 0 Å². The van der Waals surface area contributed by atoms with Crippen molar-refractivity contribution in [1.82, 2.24) is 10.2 Å². The molecule has 0 bridgehead atoms. The van der Waals surface area contributed by atoms with E-state index in [9.17, 15) is 15.0 Å². The topological polar surface area (TPSA) is 91.3 Å². The molecule has 10 atom stereocenters. The molecule has 3 saturated heterocycles. The first kappa shape index (κ1) is 27.0. The molecular weight excluding hydrogens is 476 g/mol. The Morgan fingerprint density at radius 2 is 1.85 bits per heavy atom. The summed E-state index contributed by atoms with van der Waals surface area (Å²) >= 11 is 7.87. The lowest BCUT2D eigenvalue weighted by Gasteiger charge is -2.41. The molecule has 0 spiro atoms. The predicted molar refractivity (Wildman–Crippen MR) is 135 cm³/mol. The van der Waals surface area contributed by atoms with Gasteiger partial charge in [0.2, 0.25) is 5.91 Å². The van der Waals surface area contributed by atoms with Gasteiger partial charge in [-0.25, -0.2) is 0 Å². The van der Waals surface area contributed by atoms with E-state index in [-0.39, 0.29) is 24.5 Å². The van der Waals surface area contributed by atoms with Gasteiger partial charge in [0.1, 0.15) is 17.6 Å². The predicted octanol–water partition coefficient (Wildman–Crippen LogP) is 2.60. The number of likely N-dealkylation sites (N-methyl/N-ethyl adjacent to an activating group) is 1. The van der Waals surface area contributed by atoms with Gasteiger partial charge in [0.05, 0.1) is 29.7 Å². The second kappa shape index (κ2) is 12.0. The average Bonchev–Trinajstić information content (AvgIpc) is 2.99. The molecule has 0 radical (unpaired) electrons. The van der Waals surface area contributed by atoms with Crippen LogP contribution in [0, 0.1) is 17.8 Å². The fourth-order valence-corrected chi connectivity index (χ4v) is 7.76. The third-order valence-corrected chi connectivity index (χ3v) is 9.78. The van der Waals surface area contributed by atoms with Crippen molar-refractivity contribution in [3.8, 4) is 0 Å². The Morgan fingerprint density at radius 3 is 2.53 bits per heavy atom. The molecule has 1 amide bonds. The third kappa shape index (κ3) is 5.90. The van der Waals surface area contributed by atoms with Crippen molar-refractivity contribution in [2.45, 2.75) is 106 Å². The van der Waals surface area contributed by atoms with Crippen molar-refractivity contribution >= 4 is 29.3 Å². The molecule has 1 saturated carbocycles. The van der Waals surface area contributed by atoms with Crippen LogP contribution < -0.4 is 5.32 Å². The molecule has 3 heterocycles. The monoisotopic (exact) mass is 518 g/mol. The molecule has 0 aromatic rings. The highest BCUT2D eigenvalue weighted by Gasteiger charge is 2.49. The summed E-state index contributed by atoms with van der Waals surface area (Å²) in [4.78, 5) is 15.7. The number of carbonyl (C=O) groups is 1. The van der Waals surface area contributed by atoms with Crippen molar-refractivity contribution in [2.75, 3.05) is 26.5 Å². The number of hydrogen-bond donors (Lipinski definition) is 3. The number of nitrogens with one attached hydrogen (secondary N) is 1. The molecule has 1 unspecified atom stereocenters. The van der Waals surface area contributed by atoms with Gasteiger partial charge in [0, 0.05) is 25.5 Å². The summed E-state index contributed by atoms with van der Waals surface area (Å²) in [5, 5.41) is 23.3. The van der Waals surface area contributed by atoms with Gasteiger partial charge in [-0.1, -0.05) is 32.1 Å². The fraction of sp³-hybridized carbons (Fsp3) is 0.960. The van der Waals surface area contributed by atoms with Gasteiger partial charge in [-0.3, -0.25) is 9.69 Å². The zero-order chi connectivity index (χ0) is 24.4. The van der Waals surface area contributed by atoms with Gasteiger partial charge in [-0.2, -0.15) is 0 Å². The Morgan fingerprint density at radius 1 is 1.12 bits per heavy atom. The zero-order valence-electron chi connectivity index (χ0n) is 20.8. The Hall–Kier alpha value is -0.0900. The van der Waals surface area contributed by atoms with Gasteiger partial charge in [-0.05, 0) is 44.9 Å². The van der Waals surface area contributed by atoms with E-state index in [1.807, 2.05) is 20.2 Å². The van der Waals surface area contributed by atoms with E-state index in [1.165, 1.54) is 43.9 Å². The van der Waals surface area contributed by atoms with Crippen LogP contribution in [0.5, 0.6) is 0 Å². The standard InChI is InChI=1S/C25H43ClN2O5S/c1-14(26)20(19-12-18(29)22(30)25(33-19)34-3)27-24(31)21-23-17(13-28(21)2)11-16(9-10-32-23)15-7-5-4-6-8-15/h14-23,25,29-30H,4-13H2,1-3H3,(H,27,31)/t14-,16+,17-,18+,19-,20+,21-,22+,23+,25?/m0/s1. The third-order valence-electron chi connectivity index (χ3n) is 8.66. The first-order valence-corrected chi connectivity index (χ1v) is 14.8. The summed E-state index contributed by atoms with van der Waals surface area (Å²) in [6.07, 6.45) is 8.62. The first-order chi connectivity index (χ1) is 16.3. The molecular formula is C25H43ClN2O5S. The maximum atomic E-state index is 13.6. The highest BCUT2D eigenvalue weighted by Crippen LogP contribution is 2.41. The number of likely N-dealkylation sites (tertiary alicyclic amines) is 1. The number of amides is 1. The van der Waals surface area contributed by atoms with Crippen molar-refractivity contribution in [2.24, 2.45) is 17.8 Å². The van der Waals surface area contributed by atoms with Crippen LogP contribution in [0.25, 0.3) is 0 Å². The lowest BCUT2D eigenvalue weighted by molar-refractivity contribution is -0.149. The van der Waals surface area contributed by atoms with E-state index in [4.69, 9.17) is 21.1 Å². The number of rotatable bonds is 6. The van der Waals surface area contributed by atoms with E-state index in [0.29, 0.717) is 11.8 Å². The summed E-state index contributed by atoms with van der Waals surface area (Å²) < 4.78 is 12.4. The molecule has 0 aromatic carbocycles. The number of nitrogens with zero attached hydrogens (tertiary/aromatic N) is 1. The highest BCUT2D eigenvalue weighted by molar-refractivity contribution is 7.99. The molecule has 3 N–H and O–H groups in total. The Bertz CT molecular complexity index is 682. The first-order valence-electron chi connectivity index (χ1n) is 13.1. The van der Waals surface area contributed by atoms with E-state index in [1.54, 1.807) is 0 Å². The summed E-state index contributed by atoms with van der Waals surface area (Å²) in [5.74, 6) is 1.79. The Balaban J connectivity index is 1.42. The second-order valence-corrected chi connectivity index (χ2v) is 12.6. The minimum atomic E-state index is -0.952. The van der Waals surface area contributed by atoms with Crippen molar-refractivity contribution < 1.29 is 24.5 Å². The lowest BCUT2D eigenvalue weighted by atomic mass is 9.75. The molecule has 3 aliphatic heterocycles. The number of thioether (sulfide) groups is 1. The number of carbonyl (C=O) groups excluding carboxylic acids is 1. The zero-order valence-corrected chi connectivity index (χ0v) is 22.3. The van der Waals surface area contributed by atoms with E-state index in [2.05, 4.69) is 10.2 Å². The smallest absolute Gasteiger partial charge is 0.240 e. The molecule has 0 aromatic heterocycles. The molecule has 4 rings (SSSR count). The molecule has 1 aliphatic carbocycles. The van der Waals surface area contributed by atoms with E-state index < -0.39 is 35.2 Å². The van der Waals surface area contributed by atoms with Gasteiger partial charge in [-0.15, -0.1) is 23.4 Å². The van der Waals surface area contributed by atoms with Crippen LogP contribution in [-0.2, 0) is 14.3 Å². The average molecular weight is 519 g/mol. The second-order valence-electron chi connectivity index (χ2n) is 10.9. The van der Waals surface area contributed by atoms with Crippen molar-refractivity contribution in [3.63, 3.8) is 0 Å². The summed E-state index contributed by atoms with van der Waals surface area (Å²) in [6, 6.07) is -0.831. The molecule has 4 aliphatic rings. The molecule has 196 valence electrons. The maximum Gasteiger partial charge on any atom is 0.240 e. The van der Waals surface area contributed by atoms with Crippen LogP contribution in [0.2, 0.25) is 0 Å². The van der Waals surface area contributed by atoms with Crippen LogP contribution in [0.15, 0.2) is 0 Å². The van der Waals surface area contributed by atoms with Crippen molar-refractivity contribution in [3.05, 3.63) is 0 Å². The van der Waals surface area contributed by atoms with Crippen LogP contribution >= 0.6 is 23.4 Å². The van der Waals surface area contributed by atoms with Crippen LogP contribution in [-0.4, -0.2) is 94.8 Å².